The molecular weight excluding hydrogens is 332 g/mol. The van der Waals surface area contributed by atoms with Crippen molar-refractivity contribution in [3.05, 3.63) is 54.0 Å². The lowest BCUT2D eigenvalue weighted by Crippen LogP contribution is -2.56. The number of fused-ring (bicyclic) bond motifs is 1. The molecule has 0 aliphatic heterocycles. The van der Waals surface area contributed by atoms with E-state index in [0.29, 0.717) is 17.7 Å². The van der Waals surface area contributed by atoms with Crippen LogP contribution in [0, 0.1) is 6.92 Å². The number of aromatic nitrogens is 3. The van der Waals surface area contributed by atoms with Gasteiger partial charge in [0.05, 0.1) is 42.1 Å². The van der Waals surface area contributed by atoms with Gasteiger partial charge in [0.1, 0.15) is 5.75 Å². The summed E-state index contributed by atoms with van der Waals surface area (Å²) in [6.07, 6.45) is 3.45. The maximum Gasteiger partial charge on any atom is 0.253 e. The van der Waals surface area contributed by atoms with E-state index in [1.165, 1.54) is 0 Å². The minimum Gasteiger partial charge on any atom is -0.497 e. The monoisotopic (exact) mass is 352 g/mol. The van der Waals surface area contributed by atoms with Crippen LogP contribution in [0.4, 0.5) is 0 Å². The van der Waals surface area contributed by atoms with Crippen molar-refractivity contribution in [2.45, 2.75) is 31.5 Å². The number of ether oxygens (including phenoxy) is 1. The Balaban J connectivity index is 1.57. The van der Waals surface area contributed by atoms with E-state index in [1.54, 1.807) is 30.3 Å². The van der Waals surface area contributed by atoms with Crippen LogP contribution in [-0.2, 0) is 0 Å². The van der Waals surface area contributed by atoms with Gasteiger partial charge in [0.2, 0.25) is 0 Å². The Morgan fingerprint density at radius 3 is 2.92 bits per heavy atom. The third-order valence-electron chi connectivity index (χ3n) is 4.91. The number of nitrogens with zero attached hydrogens (tertiary/aromatic N) is 3. The molecule has 0 bridgehead atoms. The van der Waals surface area contributed by atoms with E-state index in [2.05, 4.69) is 15.4 Å². The van der Waals surface area contributed by atoms with Crippen molar-refractivity contribution in [1.82, 2.24) is 20.1 Å². The topological polar surface area (TPSA) is 89.3 Å². The van der Waals surface area contributed by atoms with Crippen LogP contribution >= 0.6 is 0 Å². The molecule has 3 aromatic rings. The molecule has 0 unspecified atom stereocenters. The minimum absolute atomic E-state index is 0.164. The molecule has 3 atom stereocenters. The minimum atomic E-state index is -0.511. The van der Waals surface area contributed by atoms with Crippen molar-refractivity contribution >= 4 is 16.8 Å². The van der Waals surface area contributed by atoms with Crippen LogP contribution in [-0.4, -0.2) is 45.0 Å². The fraction of sp³-hybridized carbons (Fsp3) is 0.316. The highest BCUT2D eigenvalue weighted by molar-refractivity contribution is 5.99. The second kappa shape index (κ2) is 6.42. The second-order valence-corrected chi connectivity index (χ2v) is 6.54. The van der Waals surface area contributed by atoms with Crippen molar-refractivity contribution in [2.24, 2.45) is 0 Å². The number of nitrogens with one attached hydrogen (secondary N) is 1. The Labute approximate surface area is 150 Å². The van der Waals surface area contributed by atoms with Gasteiger partial charge in [-0.05, 0) is 37.6 Å². The van der Waals surface area contributed by atoms with Gasteiger partial charge in [0, 0.05) is 23.8 Å². The van der Waals surface area contributed by atoms with Crippen molar-refractivity contribution in [1.29, 1.82) is 0 Å². The average Bonchev–Trinajstić information content (AvgIpc) is 3.13. The molecule has 2 N–H and O–H groups in total. The number of pyridine rings is 1. The Bertz CT molecular complexity index is 955. The zero-order valence-electron chi connectivity index (χ0n) is 14.6. The van der Waals surface area contributed by atoms with Gasteiger partial charge in [0.15, 0.2) is 0 Å². The normalized spacial score (nSPS) is 22.0. The molecule has 2 aromatic heterocycles. The van der Waals surface area contributed by atoms with Crippen LogP contribution in [0.3, 0.4) is 0 Å². The summed E-state index contributed by atoms with van der Waals surface area (Å²) in [5.74, 6) is 0.536. The van der Waals surface area contributed by atoms with E-state index in [-0.39, 0.29) is 18.0 Å². The second-order valence-electron chi connectivity index (χ2n) is 6.54. The summed E-state index contributed by atoms with van der Waals surface area (Å²) >= 11 is 0. The molecule has 1 aliphatic rings. The number of carbonyl (C=O) groups is 1. The van der Waals surface area contributed by atoms with Gasteiger partial charge in [-0.3, -0.25) is 14.5 Å². The number of benzene rings is 1. The number of methoxy groups -OCH3 is 1. The summed E-state index contributed by atoms with van der Waals surface area (Å²) in [6, 6.07) is 8.81. The van der Waals surface area contributed by atoms with E-state index >= 15 is 0 Å². The van der Waals surface area contributed by atoms with Crippen LogP contribution in [0.1, 0.15) is 28.5 Å². The van der Waals surface area contributed by atoms with Gasteiger partial charge in [-0.25, -0.2) is 0 Å². The molecule has 2 heterocycles. The summed E-state index contributed by atoms with van der Waals surface area (Å²) in [7, 11) is 1.61. The molecule has 1 fully saturated rings. The molecule has 7 heteroatoms. The maximum absolute atomic E-state index is 12.8. The first-order valence-electron chi connectivity index (χ1n) is 8.50. The van der Waals surface area contributed by atoms with Gasteiger partial charge in [-0.15, -0.1) is 0 Å². The first kappa shape index (κ1) is 16.5. The highest BCUT2D eigenvalue weighted by atomic mass is 16.5. The molecule has 1 saturated carbocycles. The Hall–Kier alpha value is -2.93. The summed E-state index contributed by atoms with van der Waals surface area (Å²) in [5.41, 5.74) is 1.97. The summed E-state index contributed by atoms with van der Waals surface area (Å²) < 4.78 is 6.91. The van der Waals surface area contributed by atoms with Crippen molar-refractivity contribution in [3.63, 3.8) is 0 Å². The molecule has 7 nitrogen and oxygen atoms in total. The van der Waals surface area contributed by atoms with Gasteiger partial charge < -0.3 is 15.2 Å². The summed E-state index contributed by atoms with van der Waals surface area (Å²) in [6.45, 7) is 1.81. The number of aliphatic hydroxyl groups is 1. The highest BCUT2D eigenvalue weighted by Crippen LogP contribution is 2.32. The van der Waals surface area contributed by atoms with Gasteiger partial charge in [-0.1, -0.05) is 0 Å². The van der Waals surface area contributed by atoms with E-state index in [9.17, 15) is 9.90 Å². The molecule has 0 saturated heterocycles. The maximum atomic E-state index is 12.8. The summed E-state index contributed by atoms with van der Waals surface area (Å²) in [4.78, 5) is 17.3. The van der Waals surface area contributed by atoms with Gasteiger partial charge >= 0.3 is 0 Å². The third-order valence-corrected chi connectivity index (χ3v) is 4.91. The lowest BCUT2D eigenvalue weighted by atomic mass is 9.83. The highest BCUT2D eigenvalue weighted by Gasteiger charge is 2.42. The fourth-order valence-electron chi connectivity index (χ4n) is 3.42. The number of hydrogen-bond acceptors (Lipinski definition) is 5. The molecule has 134 valence electrons. The van der Waals surface area contributed by atoms with Gasteiger partial charge in [-0.2, -0.15) is 5.10 Å². The average molecular weight is 352 g/mol. The first-order chi connectivity index (χ1) is 12.6. The first-order valence-corrected chi connectivity index (χ1v) is 8.50. The molecule has 26 heavy (non-hydrogen) atoms. The van der Waals surface area contributed by atoms with Crippen LogP contribution in [0.25, 0.3) is 10.9 Å². The number of amides is 1. The van der Waals surface area contributed by atoms with E-state index in [0.717, 1.165) is 16.7 Å². The fourth-order valence-corrected chi connectivity index (χ4v) is 3.42. The van der Waals surface area contributed by atoms with Crippen molar-refractivity contribution < 1.29 is 14.6 Å². The predicted octanol–water partition coefficient (Wildman–Crippen LogP) is 1.85. The molecule has 0 radical (unpaired) electrons. The zero-order chi connectivity index (χ0) is 18.3. The number of aryl methyl sites for hydroxylation is 1. The predicted molar refractivity (Wildman–Crippen MR) is 96.2 cm³/mol. The van der Waals surface area contributed by atoms with Crippen LogP contribution in [0.2, 0.25) is 0 Å². The van der Waals surface area contributed by atoms with E-state index in [4.69, 9.17) is 4.74 Å². The van der Waals surface area contributed by atoms with Crippen LogP contribution in [0.15, 0.2) is 42.7 Å². The van der Waals surface area contributed by atoms with Crippen LogP contribution in [0.5, 0.6) is 5.75 Å². The lowest BCUT2D eigenvalue weighted by Gasteiger charge is -2.41. The number of rotatable bonds is 4. The van der Waals surface area contributed by atoms with E-state index in [1.807, 2.05) is 31.2 Å². The molecule has 4 rings (SSSR count). The quantitative estimate of drug-likeness (QED) is 0.748. The number of hydrogen-bond donors (Lipinski definition) is 2. The van der Waals surface area contributed by atoms with Gasteiger partial charge in [0.25, 0.3) is 5.91 Å². The zero-order valence-corrected chi connectivity index (χ0v) is 14.6. The smallest absolute Gasteiger partial charge is 0.253 e. The molecule has 1 amide bonds. The lowest BCUT2D eigenvalue weighted by molar-refractivity contribution is -0.00589. The van der Waals surface area contributed by atoms with E-state index < -0.39 is 6.10 Å². The largest absolute Gasteiger partial charge is 0.497 e. The SMILES string of the molecule is COc1ccc2cc(C(=O)N[C@H]3C[C@@H](O)[C@@H]3n3cccn3)c(C)nc2c1. The third kappa shape index (κ3) is 2.80. The van der Waals surface area contributed by atoms with Crippen LogP contribution < -0.4 is 10.1 Å². The molecular formula is C19H20N4O3. The Morgan fingerprint density at radius 2 is 2.23 bits per heavy atom. The Morgan fingerprint density at radius 1 is 1.38 bits per heavy atom. The molecule has 1 aromatic carbocycles. The van der Waals surface area contributed by atoms with Crippen molar-refractivity contribution in [2.75, 3.05) is 7.11 Å². The molecule has 1 aliphatic carbocycles. The number of carbonyl (C=O) groups excluding carboxylic acids is 1. The molecule has 0 spiro atoms. The number of aliphatic hydroxyl groups excluding tert-OH is 1. The standard InChI is InChI=1S/C19H20N4O3/c1-11-14(8-12-4-5-13(26-2)9-15(12)21-11)19(25)22-16-10-17(24)18(16)23-7-3-6-20-23/h3-9,16-18,24H,10H2,1-2H3,(H,22,25)/t16-,17+,18+/m0/s1. The Kier molecular flexibility index (Phi) is 4.08. The van der Waals surface area contributed by atoms with Crippen molar-refractivity contribution in [3.8, 4) is 5.75 Å². The summed E-state index contributed by atoms with van der Waals surface area (Å²) in [5, 5.41) is 18.1.